The fraction of sp³-hybridized carbons (Fsp3) is 0.0800. The van der Waals surface area contributed by atoms with Crippen molar-refractivity contribution >= 4 is 40.7 Å². The Morgan fingerprint density at radius 2 is 1.55 bits per heavy atom. The lowest BCUT2D eigenvalue weighted by atomic mass is 9.99. The van der Waals surface area contributed by atoms with Crippen LogP contribution >= 0.6 is 34.8 Å². The molecule has 2 aromatic heterocycles. The average Bonchev–Trinajstić information content (AvgIpc) is 2.82. The van der Waals surface area contributed by atoms with Crippen molar-refractivity contribution in [1.82, 2.24) is 15.3 Å². The van der Waals surface area contributed by atoms with Crippen LogP contribution in [0.3, 0.4) is 0 Å². The number of nitrogens with zero attached hydrogens (tertiary/aromatic N) is 2. The minimum absolute atomic E-state index is 0.274. The molecule has 1 N–H and O–H groups in total. The number of amides is 1. The van der Waals surface area contributed by atoms with Crippen LogP contribution in [0.2, 0.25) is 15.1 Å². The summed E-state index contributed by atoms with van der Waals surface area (Å²) in [5.74, 6) is 0.220. The summed E-state index contributed by atoms with van der Waals surface area (Å²) in [4.78, 5) is 21.8. The Morgan fingerprint density at radius 3 is 2.18 bits per heavy atom. The molecule has 2 aromatic carbocycles. The average molecular weight is 499 g/mol. The van der Waals surface area contributed by atoms with Crippen molar-refractivity contribution in [3.8, 4) is 28.3 Å². The van der Waals surface area contributed by atoms with Gasteiger partial charge in [-0.05, 0) is 48.0 Å². The van der Waals surface area contributed by atoms with Crippen molar-refractivity contribution in [2.75, 3.05) is 7.11 Å². The Kier molecular flexibility index (Phi) is 7.14. The second-order valence-electron chi connectivity index (χ2n) is 7.18. The van der Waals surface area contributed by atoms with Gasteiger partial charge in [-0.1, -0.05) is 46.9 Å². The third kappa shape index (κ3) is 5.63. The maximum atomic E-state index is 12.9. The number of aromatic nitrogens is 2. The molecule has 0 aliphatic carbocycles. The molecule has 0 saturated carbocycles. The van der Waals surface area contributed by atoms with E-state index in [1.807, 2.05) is 18.2 Å². The molecular weight excluding hydrogens is 481 g/mol. The van der Waals surface area contributed by atoms with Crippen LogP contribution in [0.25, 0.3) is 22.4 Å². The lowest BCUT2D eigenvalue weighted by Crippen LogP contribution is -2.23. The van der Waals surface area contributed by atoms with Gasteiger partial charge in [-0.2, -0.15) is 0 Å². The van der Waals surface area contributed by atoms with Gasteiger partial charge < -0.3 is 10.1 Å². The first-order chi connectivity index (χ1) is 15.9. The fourth-order valence-electron chi connectivity index (χ4n) is 3.30. The predicted octanol–water partition coefficient (Wildman–Crippen LogP) is 6.71. The highest BCUT2D eigenvalue weighted by Crippen LogP contribution is 2.32. The van der Waals surface area contributed by atoms with E-state index in [0.717, 1.165) is 22.3 Å². The number of carbonyl (C=O) groups is 1. The third-order valence-corrected chi connectivity index (χ3v) is 5.59. The first-order valence-corrected chi connectivity index (χ1v) is 11.1. The monoisotopic (exact) mass is 497 g/mol. The molecule has 2 heterocycles. The molecule has 0 unspecified atom stereocenters. The molecule has 4 aromatic rings. The summed E-state index contributed by atoms with van der Waals surface area (Å²) in [6.07, 6.45) is 3.23. The second kappa shape index (κ2) is 10.2. The van der Waals surface area contributed by atoms with Gasteiger partial charge in [0.05, 0.1) is 18.4 Å². The van der Waals surface area contributed by atoms with Crippen molar-refractivity contribution in [3.63, 3.8) is 0 Å². The number of hydrogen-bond donors (Lipinski definition) is 1. The Morgan fingerprint density at radius 1 is 0.848 bits per heavy atom. The van der Waals surface area contributed by atoms with Gasteiger partial charge in [0, 0.05) is 56.8 Å². The highest BCUT2D eigenvalue weighted by molar-refractivity contribution is 6.34. The van der Waals surface area contributed by atoms with Gasteiger partial charge in [-0.15, -0.1) is 0 Å². The smallest absolute Gasteiger partial charge is 0.253 e. The SMILES string of the molecule is COc1ccc(-c2cc(C(=O)NCc3cc(Cl)cc(Cl)c3)cnc2-c2ccc(Cl)cc2)cn1. The fourth-order valence-corrected chi connectivity index (χ4v) is 4.00. The molecule has 0 aliphatic rings. The number of halogens is 3. The van der Waals surface area contributed by atoms with Crippen LogP contribution in [0.15, 0.2) is 73.1 Å². The zero-order valence-electron chi connectivity index (χ0n) is 17.5. The molecular formula is C25H18Cl3N3O2. The minimum atomic E-state index is -0.274. The highest BCUT2D eigenvalue weighted by atomic mass is 35.5. The predicted molar refractivity (Wildman–Crippen MR) is 132 cm³/mol. The summed E-state index contributed by atoms with van der Waals surface area (Å²) < 4.78 is 5.16. The Balaban J connectivity index is 1.67. The summed E-state index contributed by atoms with van der Waals surface area (Å²) in [5.41, 5.74) is 4.33. The highest BCUT2D eigenvalue weighted by Gasteiger charge is 2.15. The van der Waals surface area contributed by atoms with E-state index in [9.17, 15) is 4.79 Å². The van der Waals surface area contributed by atoms with Gasteiger partial charge in [-0.25, -0.2) is 4.98 Å². The quantitative estimate of drug-likeness (QED) is 0.321. The molecule has 0 fully saturated rings. The van der Waals surface area contributed by atoms with Crippen molar-refractivity contribution in [2.24, 2.45) is 0 Å². The van der Waals surface area contributed by atoms with Crippen LogP contribution in [0.1, 0.15) is 15.9 Å². The summed E-state index contributed by atoms with van der Waals surface area (Å²) in [6.45, 7) is 0.275. The maximum absolute atomic E-state index is 12.9. The molecule has 0 radical (unpaired) electrons. The molecule has 0 bridgehead atoms. The summed E-state index contributed by atoms with van der Waals surface area (Å²) in [6, 6.07) is 17.9. The van der Waals surface area contributed by atoms with Crippen LogP contribution < -0.4 is 10.1 Å². The lowest BCUT2D eigenvalue weighted by molar-refractivity contribution is 0.0950. The zero-order chi connectivity index (χ0) is 23.4. The van der Waals surface area contributed by atoms with Gasteiger partial charge in [0.1, 0.15) is 0 Å². The van der Waals surface area contributed by atoms with Crippen molar-refractivity contribution in [3.05, 3.63) is 99.3 Å². The number of carbonyl (C=O) groups excluding carboxylic acids is 1. The number of methoxy groups -OCH3 is 1. The Hall–Kier alpha value is -3.12. The van der Waals surface area contributed by atoms with Crippen LogP contribution in [-0.4, -0.2) is 23.0 Å². The molecule has 0 saturated heterocycles. The van der Waals surface area contributed by atoms with E-state index in [4.69, 9.17) is 39.5 Å². The molecule has 33 heavy (non-hydrogen) atoms. The first-order valence-electron chi connectivity index (χ1n) is 9.92. The molecule has 0 atom stereocenters. The largest absolute Gasteiger partial charge is 0.481 e. The van der Waals surface area contributed by atoms with Gasteiger partial charge in [0.15, 0.2) is 0 Å². The van der Waals surface area contributed by atoms with Gasteiger partial charge in [-0.3, -0.25) is 9.78 Å². The minimum Gasteiger partial charge on any atom is -0.481 e. The van der Waals surface area contributed by atoms with E-state index in [1.165, 1.54) is 0 Å². The number of pyridine rings is 2. The van der Waals surface area contributed by atoms with E-state index in [2.05, 4.69) is 15.3 Å². The Bertz CT molecular complexity index is 1270. The Labute approximate surface area is 206 Å². The van der Waals surface area contributed by atoms with Crippen LogP contribution in [0.4, 0.5) is 0 Å². The third-order valence-electron chi connectivity index (χ3n) is 4.90. The summed E-state index contributed by atoms with van der Waals surface area (Å²) in [5, 5.41) is 4.53. The van der Waals surface area contributed by atoms with Gasteiger partial charge >= 0.3 is 0 Å². The maximum Gasteiger partial charge on any atom is 0.253 e. The molecule has 5 nitrogen and oxygen atoms in total. The van der Waals surface area contributed by atoms with Crippen LogP contribution in [0.5, 0.6) is 5.88 Å². The molecule has 166 valence electrons. The second-order valence-corrected chi connectivity index (χ2v) is 8.49. The number of rotatable bonds is 6. The molecule has 4 rings (SSSR count). The number of hydrogen-bond acceptors (Lipinski definition) is 4. The van der Waals surface area contributed by atoms with E-state index < -0.39 is 0 Å². The molecule has 8 heteroatoms. The normalized spacial score (nSPS) is 10.7. The standard InChI is InChI=1S/C25H18Cl3N3O2/c1-33-23-7-4-17(13-29-23)22-10-18(14-30-24(22)16-2-5-19(26)6-3-16)25(32)31-12-15-8-20(27)11-21(28)9-15/h2-11,13-14H,12H2,1H3,(H,31,32). The summed E-state index contributed by atoms with van der Waals surface area (Å²) in [7, 11) is 1.56. The van der Waals surface area contributed by atoms with Crippen LogP contribution in [0, 0.1) is 0 Å². The molecule has 0 aliphatic heterocycles. The van der Waals surface area contributed by atoms with E-state index in [0.29, 0.717) is 32.2 Å². The van der Waals surface area contributed by atoms with Crippen molar-refractivity contribution < 1.29 is 9.53 Å². The number of nitrogens with one attached hydrogen (secondary N) is 1. The summed E-state index contributed by atoms with van der Waals surface area (Å²) >= 11 is 18.1. The van der Waals surface area contributed by atoms with E-state index in [-0.39, 0.29) is 12.5 Å². The first kappa shape index (κ1) is 23.1. The van der Waals surface area contributed by atoms with E-state index in [1.54, 1.807) is 62.0 Å². The van der Waals surface area contributed by atoms with Crippen molar-refractivity contribution in [2.45, 2.75) is 6.54 Å². The number of ether oxygens (including phenoxy) is 1. The number of benzene rings is 2. The molecule has 1 amide bonds. The molecule has 0 spiro atoms. The van der Waals surface area contributed by atoms with Gasteiger partial charge in [0.25, 0.3) is 5.91 Å². The lowest BCUT2D eigenvalue weighted by Gasteiger charge is -2.12. The van der Waals surface area contributed by atoms with E-state index >= 15 is 0 Å². The van der Waals surface area contributed by atoms with Crippen LogP contribution in [-0.2, 0) is 6.54 Å². The van der Waals surface area contributed by atoms with Gasteiger partial charge in [0.2, 0.25) is 5.88 Å². The van der Waals surface area contributed by atoms with Crippen molar-refractivity contribution in [1.29, 1.82) is 0 Å². The topological polar surface area (TPSA) is 64.1 Å². The zero-order valence-corrected chi connectivity index (χ0v) is 19.7.